The molecule has 2 fully saturated rings. The summed E-state index contributed by atoms with van der Waals surface area (Å²) >= 11 is 0. The molecular weight excluding hydrogens is 294 g/mol. The zero-order valence-corrected chi connectivity index (χ0v) is 13.6. The molecule has 2 aliphatic rings. The number of fused-ring (bicyclic) bond motifs is 2. The lowest BCUT2D eigenvalue weighted by atomic mass is 9.64. The molecule has 2 unspecified atom stereocenters. The molecule has 0 aromatic carbocycles. The van der Waals surface area contributed by atoms with Crippen molar-refractivity contribution >= 4 is 17.6 Å². The van der Waals surface area contributed by atoms with E-state index in [0.29, 0.717) is 12.8 Å². The molecule has 2 N–H and O–H groups in total. The van der Waals surface area contributed by atoms with Crippen LogP contribution < -0.4 is 10.9 Å². The lowest BCUT2D eigenvalue weighted by Crippen LogP contribution is -2.52. The summed E-state index contributed by atoms with van der Waals surface area (Å²) in [5, 5.41) is 0. The van der Waals surface area contributed by atoms with E-state index in [9.17, 15) is 14.4 Å². The topological polar surface area (TPSA) is 88.2 Å². The van der Waals surface area contributed by atoms with Crippen molar-refractivity contribution in [3.05, 3.63) is 30.1 Å². The second-order valence-corrected chi connectivity index (χ2v) is 7.26. The number of hydrogen-bond acceptors (Lipinski definition) is 4. The molecule has 1 aromatic rings. The Kier molecular flexibility index (Phi) is 3.32. The molecule has 2 aliphatic carbocycles. The maximum absolute atomic E-state index is 12.8. The standard InChI is InChI=1S/C17H21N3O3/c1-15(2)16(3)7-8-17(15,10-12(16)21)14(23)20-19-13(22)11-6-4-5-9-18-11/h4-6,9H,7-8,10H2,1-3H3,(H,19,22)(H,20,23). The van der Waals surface area contributed by atoms with Gasteiger partial charge in [-0.15, -0.1) is 0 Å². The van der Waals surface area contributed by atoms with Crippen LogP contribution in [0.4, 0.5) is 0 Å². The minimum atomic E-state index is -0.754. The second kappa shape index (κ2) is 4.88. The van der Waals surface area contributed by atoms with Gasteiger partial charge in [-0.1, -0.05) is 26.8 Å². The maximum Gasteiger partial charge on any atom is 0.288 e. The quantitative estimate of drug-likeness (QED) is 0.812. The van der Waals surface area contributed by atoms with Gasteiger partial charge in [-0.2, -0.15) is 0 Å². The van der Waals surface area contributed by atoms with Gasteiger partial charge in [0.2, 0.25) is 5.91 Å². The number of aromatic nitrogens is 1. The number of nitrogens with zero attached hydrogens (tertiary/aromatic N) is 1. The lowest BCUT2D eigenvalue weighted by Gasteiger charge is -2.38. The molecule has 0 spiro atoms. The zero-order chi connectivity index (χ0) is 16.9. The van der Waals surface area contributed by atoms with Crippen molar-refractivity contribution in [2.45, 2.75) is 40.0 Å². The molecule has 1 heterocycles. The molecule has 1 aromatic heterocycles. The SMILES string of the molecule is CC12CCC(C(=O)NNC(=O)c3ccccn3)(CC1=O)C2(C)C. The third-order valence-corrected chi connectivity index (χ3v) is 6.33. The number of rotatable bonds is 2. The molecule has 0 radical (unpaired) electrons. The number of Topliss-reactive ketones (excluding diaryl/α,β-unsaturated/α-hetero) is 1. The lowest BCUT2D eigenvalue weighted by molar-refractivity contribution is -0.137. The van der Waals surface area contributed by atoms with Gasteiger partial charge in [-0.25, -0.2) is 0 Å². The van der Waals surface area contributed by atoms with Crippen LogP contribution in [0.1, 0.15) is 50.5 Å². The number of hydrazine groups is 1. The molecule has 6 nitrogen and oxygen atoms in total. The van der Waals surface area contributed by atoms with Crippen LogP contribution in [-0.4, -0.2) is 22.6 Å². The molecule has 6 heteroatoms. The van der Waals surface area contributed by atoms with Crippen molar-refractivity contribution in [1.82, 2.24) is 15.8 Å². The maximum atomic E-state index is 12.8. The Hall–Kier alpha value is -2.24. The largest absolute Gasteiger partial charge is 0.299 e. The highest BCUT2D eigenvalue weighted by Crippen LogP contribution is 2.70. The van der Waals surface area contributed by atoms with Gasteiger partial charge in [0.1, 0.15) is 11.5 Å². The summed E-state index contributed by atoms with van der Waals surface area (Å²) in [6.45, 7) is 5.90. The number of carbonyl (C=O) groups excluding carboxylic acids is 3. The Morgan fingerprint density at radius 2 is 1.87 bits per heavy atom. The van der Waals surface area contributed by atoms with Gasteiger partial charge in [0.25, 0.3) is 5.91 Å². The Labute approximate surface area is 135 Å². The fourth-order valence-corrected chi connectivity index (χ4v) is 4.15. The Bertz CT molecular complexity index is 686. The van der Waals surface area contributed by atoms with E-state index < -0.39 is 22.2 Å². The highest BCUT2D eigenvalue weighted by Gasteiger charge is 2.72. The van der Waals surface area contributed by atoms with Gasteiger partial charge < -0.3 is 0 Å². The molecule has 2 amide bonds. The minimum absolute atomic E-state index is 0.139. The van der Waals surface area contributed by atoms with Crippen LogP contribution in [0.15, 0.2) is 24.4 Å². The van der Waals surface area contributed by atoms with Crippen LogP contribution in [0.5, 0.6) is 0 Å². The van der Waals surface area contributed by atoms with E-state index >= 15 is 0 Å². The summed E-state index contributed by atoms with van der Waals surface area (Å²) in [6.07, 6.45) is 3.12. The summed E-state index contributed by atoms with van der Waals surface area (Å²) in [5.74, 6) is -0.625. The molecule has 2 bridgehead atoms. The first-order valence-electron chi connectivity index (χ1n) is 7.80. The fraction of sp³-hybridized carbons (Fsp3) is 0.529. The third-order valence-electron chi connectivity index (χ3n) is 6.33. The molecule has 2 saturated carbocycles. The monoisotopic (exact) mass is 315 g/mol. The van der Waals surface area contributed by atoms with Crippen molar-refractivity contribution in [2.24, 2.45) is 16.2 Å². The van der Waals surface area contributed by atoms with Gasteiger partial charge in [-0.05, 0) is 30.4 Å². The van der Waals surface area contributed by atoms with E-state index in [1.165, 1.54) is 6.20 Å². The molecule has 3 rings (SSSR count). The summed E-state index contributed by atoms with van der Waals surface area (Å²) < 4.78 is 0. The molecule has 23 heavy (non-hydrogen) atoms. The number of nitrogens with one attached hydrogen (secondary N) is 2. The smallest absolute Gasteiger partial charge is 0.288 e. The molecular formula is C17H21N3O3. The Balaban J connectivity index is 1.74. The van der Waals surface area contributed by atoms with Crippen molar-refractivity contribution in [3.63, 3.8) is 0 Å². The number of carbonyl (C=O) groups is 3. The van der Waals surface area contributed by atoms with Crippen LogP contribution in [0.3, 0.4) is 0 Å². The fourth-order valence-electron chi connectivity index (χ4n) is 4.15. The number of amides is 2. The van der Waals surface area contributed by atoms with E-state index in [4.69, 9.17) is 0 Å². The summed E-state index contributed by atoms with van der Waals surface area (Å²) in [5.41, 5.74) is 3.49. The van der Waals surface area contributed by atoms with Crippen LogP contribution in [0.25, 0.3) is 0 Å². The van der Waals surface area contributed by atoms with Crippen LogP contribution in [0, 0.1) is 16.2 Å². The highest BCUT2D eigenvalue weighted by molar-refractivity contribution is 6.00. The highest BCUT2D eigenvalue weighted by atomic mass is 16.2. The first kappa shape index (κ1) is 15.6. The van der Waals surface area contributed by atoms with Crippen LogP contribution in [-0.2, 0) is 9.59 Å². The van der Waals surface area contributed by atoms with Gasteiger partial charge in [0.15, 0.2) is 0 Å². The Morgan fingerprint density at radius 3 is 2.39 bits per heavy atom. The second-order valence-electron chi connectivity index (χ2n) is 7.26. The van der Waals surface area contributed by atoms with Gasteiger partial charge >= 0.3 is 0 Å². The van der Waals surface area contributed by atoms with E-state index in [1.54, 1.807) is 18.2 Å². The predicted octanol–water partition coefficient (Wildman–Crippen LogP) is 1.63. The number of hydrogen-bond donors (Lipinski definition) is 2. The summed E-state index contributed by atoms with van der Waals surface area (Å²) in [7, 11) is 0. The van der Waals surface area contributed by atoms with Crippen molar-refractivity contribution < 1.29 is 14.4 Å². The summed E-state index contributed by atoms with van der Waals surface area (Å²) in [4.78, 5) is 41.1. The molecule has 2 atom stereocenters. The molecule has 0 aliphatic heterocycles. The number of ketones is 1. The van der Waals surface area contributed by atoms with E-state index in [2.05, 4.69) is 15.8 Å². The normalized spacial score (nSPS) is 31.0. The Morgan fingerprint density at radius 1 is 1.13 bits per heavy atom. The molecule has 122 valence electrons. The first-order chi connectivity index (χ1) is 10.7. The van der Waals surface area contributed by atoms with Crippen LogP contribution >= 0.6 is 0 Å². The van der Waals surface area contributed by atoms with Crippen molar-refractivity contribution in [2.75, 3.05) is 0 Å². The van der Waals surface area contributed by atoms with E-state index in [0.717, 1.165) is 0 Å². The average Bonchev–Trinajstić information content (AvgIpc) is 2.83. The van der Waals surface area contributed by atoms with Crippen LogP contribution in [0.2, 0.25) is 0 Å². The van der Waals surface area contributed by atoms with Gasteiger partial charge in [0, 0.05) is 18.0 Å². The predicted molar refractivity (Wildman–Crippen MR) is 83.0 cm³/mol. The average molecular weight is 315 g/mol. The summed E-state index contributed by atoms with van der Waals surface area (Å²) in [6, 6.07) is 4.97. The van der Waals surface area contributed by atoms with Gasteiger partial charge in [0.05, 0.1) is 5.41 Å². The minimum Gasteiger partial charge on any atom is -0.299 e. The van der Waals surface area contributed by atoms with E-state index in [1.807, 2.05) is 20.8 Å². The van der Waals surface area contributed by atoms with Gasteiger partial charge in [-0.3, -0.25) is 30.2 Å². The zero-order valence-electron chi connectivity index (χ0n) is 13.6. The number of pyridine rings is 1. The van der Waals surface area contributed by atoms with Crippen molar-refractivity contribution in [1.29, 1.82) is 0 Å². The van der Waals surface area contributed by atoms with Crippen molar-refractivity contribution in [3.8, 4) is 0 Å². The first-order valence-corrected chi connectivity index (χ1v) is 7.80. The van der Waals surface area contributed by atoms with E-state index in [-0.39, 0.29) is 23.8 Å². The molecule has 0 saturated heterocycles. The third kappa shape index (κ3) is 1.93.